The summed E-state index contributed by atoms with van der Waals surface area (Å²) in [5.74, 6) is 1.36. The van der Waals surface area contributed by atoms with Gasteiger partial charge in [-0.25, -0.2) is 4.98 Å². The Morgan fingerprint density at radius 1 is 1.15 bits per heavy atom. The summed E-state index contributed by atoms with van der Waals surface area (Å²) in [7, 11) is 0. The zero-order valence-corrected chi connectivity index (χ0v) is 15.2. The molecule has 1 aromatic carbocycles. The Hall–Kier alpha value is -2.37. The van der Waals surface area contributed by atoms with E-state index < -0.39 is 0 Å². The first kappa shape index (κ1) is 17.1. The van der Waals surface area contributed by atoms with Gasteiger partial charge in [-0.1, -0.05) is 18.6 Å². The molecule has 2 aromatic rings. The van der Waals surface area contributed by atoms with Crippen LogP contribution in [0.5, 0.6) is 0 Å². The number of para-hydroxylation sites is 2. The van der Waals surface area contributed by atoms with Gasteiger partial charge in [0.15, 0.2) is 0 Å². The first-order valence-corrected chi connectivity index (χ1v) is 9.65. The quantitative estimate of drug-likeness (QED) is 0.886. The lowest BCUT2D eigenvalue weighted by Crippen LogP contribution is -2.46. The van der Waals surface area contributed by atoms with Crippen molar-refractivity contribution in [1.29, 1.82) is 0 Å². The lowest BCUT2D eigenvalue weighted by atomic mass is 9.83. The highest BCUT2D eigenvalue weighted by atomic mass is 16.2. The molecule has 2 heterocycles. The number of nitrogens with one attached hydrogen (secondary N) is 2. The van der Waals surface area contributed by atoms with Crippen molar-refractivity contribution in [1.82, 2.24) is 20.2 Å². The Bertz CT molecular complexity index is 770. The van der Waals surface area contributed by atoms with Gasteiger partial charge in [0.05, 0.1) is 17.1 Å². The molecule has 0 bridgehead atoms. The summed E-state index contributed by atoms with van der Waals surface area (Å²) in [6.07, 6.45) is 4.74. The number of likely N-dealkylation sites (tertiary alicyclic amines) is 1. The maximum absolute atomic E-state index is 12.6. The van der Waals surface area contributed by atoms with Gasteiger partial charge in [0.2, 0.25) is 11.8 Å². The van der Waals surface area contributed by atoms with Crippen LogP contribution in [-0.2, 0) is 9.59 Å². The van der Waals surface area contributed by atoms with Crippen molar-refractivity contribution >= 4 is 22.8 Å². The van der Waals surface area contributed by atoms with Crippen molar-refractivity contribution in [3.05, 3.63) is 30.1 Å². The van der Waals surface area contributed by atoms with Gasteiger partial charge >= 0.3 is 0 Å². The molecule has 1 saturated heterocycles. The molecule has 1 saturated carbocycles. The van der Waals surface area contributed by atoms with Crippen LogP contribution < -0.4 is 5.32 Å². The molecule has 2 aliphatic rings. The number of H-pyrrole nitrogens is 1. The third kappa shape index (κ3) is 3.32. The fourth-order valence-corrected chi connectivity index (χ4v) is 3.85. The van der Waals surface area contributed by atoms with Crippen LogP contribution in [0.25, 0.3) is 11.0 Å². The molecular weight excluding hydrogens is 328 g/mol. The van der Waals surface area contributed by atoms with Gasteiger partial charge in [0.1, 0.15) is 5.82 Å². The Kier molecular flexibility index (Phi) is 4.66. The Morgan fingerprint density at radius 3 is 2.54 bits per heavy atom. The maximum Gasteiger partial charge on any atom is 0.225 e. The molecule has 1 aliphatic carbocycles. The third-order valence-corrected chi connectivity index (χ3v) is 5.81. The van der Waals surface area contributed by atoms with Crippen LogP contribution in [0.2, 0.25) is 0 Å². The highest BCUT2D eigenvalue weighted by Crippen LogP contribution is 2.30. The molecule has 138 valence electrons. The summed E-state index contributed by atoms with van der Waals surface area (Å²) in [6.45, 7) is 3.35. The monoisotopic (exact) mass is 354 g/mol. The van der Waals surface area contributed by atoms with Crippen LogP contribution in [-0.4, -0.2) is 39.8 Å². The van der Waals surface area contributed by atoms with Crippen molar-refractivity contribution < 1.29 is 9.59 Å². The number of nitrogens with zero attached hydrogens (tertiary/aromatic N) is 2. The minimum atomic E-state index is -0.162. The summed E-state index contributed by atoms with van der Waals surface area (Å²) in [5.41, 5.74) is 1.89. The average Bonchev–Trinajstić information content (AvgIpc) is 3.04. The van der Waals surface area contributed by atoms with Gasteiger partial charge in [-0.2, -0.15) is 0 Å². The van der Waals surface area contributed by atoms with Gasteiger partial charge in [0.25, 0.3) is 0 Å². The number of fused-ring (bicyclic) bond motifs is 1. The molecule has 4 rings (SSSR count). The number of aromatic nitrogens is 2. The number of hydrogen-bond donors (Lipinski definition) is 2. The van der Waals surface area contributed by atoms with E-state index in [1.807, 2.05) is 36.1 Å². The van der Waals surface area contributed by atoms with Gasteiger partial charge in [-0.3, -0.25) is 9.59 Å². The molecule has 0 radical (unpaired) electrons. The van der Waals surface area contributed by atoms with Crippen LogP contribution in [0.4, 0.5) is 0 Å². The van der Waals surface area contributed by atoms with Crippen molar-refractivity contribution in [2.24, 2.45) is 11.8 Å². The van der Waals surface area contributed by atoms with E-state index in [0.717, 1.165) is 42.5 Å². The van der Waals surface area contributed by atoms with Gasteiger partial charge < -0.3 is 15.2 Å². The molecule has 0 unspecified atom stereocenters. The second-order valence-corrected chi connectivity index (χ2v) is 7.60. The predicted octanol–water partition coefficient (Wildman–Crippen LogP) is 2.78. The lowest BCUT2D eigenvalue weighted by molar-refractivity contribution is -0.141. The Labute approximate surface area is 153 Å². The van der Waals surface area contributed by atoms with E-state index in [1.165, 1.54) is 6.42 Å². The molecule has 6 heteroatoms. The molecule has 1 aliphatic heterocycles. The number of imidazole rings is 1. The maximum atomic E-state index is 12.6. The van der Waals surface area contributed by atoms with Crippen LogP contribution in [0.1, 0.15) is 50.9 Å². The third-order valence-electron chi connectivity index (χ3n) is 5.81. The molecule has 2 fully saturated rings. The first-order valence-electron chi connectivity index (χ1n) is 9.65. The molecule has 26 heavy (non-hydrogen) atoms. The number of aromatic amines is 1. The van der Waals surface area contributed by atoms with Crippen LogP contribution in [0.15, 0.2) is 24.3 Å². The molecule has 1 atom stereocenters. The van der Waals surface area contributed by atoms with Crippen molar-refractivity contribution in [3.8, 4) is 0 Å². The van der Waals surface area contributed by atoms with Crippen LogP contribution in [0, 0.1) is 11.8 Å². The smallest absolute Gasteiger partial charge is 0.225 e. The van der Waals surface area contributed by atoms with E-state index >= 15 is 0 Å². The minimum absolute atomic E-state index is 0.0210. The van der Waals surface area contributed by atoms with Crippen LogP contribution in [0.3, 0.4) is 0 Å². The minimum Gasteiger partial charge on any atom is -0.346 e. The van der Waals surface area contributed by atoms with E-state index in [0.29, 0.717) is 19.0 Å². The summed E-state index contributed by atoms with van der Waals surface area (Å²) in [4.78, 5) is 34.7. The molecule has 2 amide bonds. The highest BCUT2D eigenvalue weighted by molar-refractivity contribution is 5.82. The fourth-order valence-electron chi connectivity index (χ4n) is 3.85. The summed E-state index contributed by atoms with van der Waals surface area (Å²) in [6, 6.07) is 7.69. The van der Waals surface area contributed by atoms with Gasteiger partial charge in [-0.15, -0.1) is 0 Å². The zero-order valence-electron chi connectivity index (χ0n) is 15.2. The van der Waals surface area contributed by atoms with E-state index in [2.05, 4.69) is 15.3 Å². The summed E-state index contributed by atoms with van der Waals surface area (Å²) >= 11 is 0. The van der Waals surface area contributed by atoms with Gasteiger partial charge in [-0.05, 0) is 44.7 Å². The normalized spacial score (nSPS) is 20.0. The first-order chi connectivity index (χ1) is 12.6. The Morgan fingerprint density at radius 2 is 1.88 bits per heavy atom. The molecule has 2 N–H and O–H groups in total. The number of carbonyl (C=O) groups excluding carboxylic acids is 2. The van der Waals surface area contributed by atoms with E-state index in [4.69, 9.17) is 0 Å². The molecular formula is C20H26N4O2. The standard InChI is InChI=1S/C20H26N4O2/c1-13(18-22-16-7-2-3-8-17(16)23-18)21-19(25)14-9-11-24(12-10-14)20(26)15-5-4-6-15/h2-3,7-8,13-15H,4-6,9-12H2,1H3,(H,21,25)(H,22,23)/t13-/m0/s1. The topological polar surface area (TPSA) is 78.1 Å². The predicted molar refractivity (Wildman–Crippen MR) is 99.3 cm³/mol. The molecule has 6 nitrogen and oxygen atoms in total. The lowest BCUT2D eigenvalue weighted by Gasteiger charge is -2.36. The molecule has 0 spiro atoms. The van der Waals surface area contributed by atoms with E-state index in [-0.39, 0.29) is 23.8 Å². The average molecular weight is 354 g/mol. The second-order valence-electron chi connectivity index (χ2n) is 7.60. The number of amides is 2. The van der Waals surface area contributed by atoms with E-state index in [1.54, 1.807) is 0 Å². The van der Waals surface area contributed by atoms with Crippen molar-refractivity contribution in [2.75, 3.05) is 13.1 Å². The number of hydrogen-bond acceptors (Lipinski definition) is 3. The van der Waals surface area contributed by atoms with Gasteiger partial charge in [0, 0.05) is 24.9 Å². The summed E-state index contributed by atoms with van der Waals surface area (Å²) in [5, 5.41) is 3.08. The van der Waals surface area contributed by atoms with Crippen molar-refractivity contribution in [2.45, 2.75) is 45.1 Å². The van der Waals surface area contributed by atoms with Crippen molar-refractivity contribution in [3.63, 3.8) is 0 Å². The van der Waals surface area contributed by atoms with Crippen LogP contribution >= 0.6 is 0 Å². The number of piperidine rings is 1. The second kappa shape index (κ2) is 7.09. The SMILES string of the molecule is C[C@H](NC(=O)C1CCN(C(=O)C2CCC2)CC1)c1nc2ccccc2[nH]1. The number of rotatable bonds is 4. The number of benzene rings is 1. The van der Waals surface area contributed by atoms with E-state index in [9.17, 15) is 9.59 Å². The fraction of sp³-hybridized carbons (Fsp3) is 0.550. The highest BCUT2D eigenvalue weighted by Gasteiger charge is 2.33. The molecule has 1 aromatic heterocycles. The largest absolute Gasteiger partial charge is 0.346 e. The number of carbonyl (C=O) groups is 2. The summed E-state index contributed by atoms with van der Waals surface area (Å²) < 4.78 is 0. The zero-order chi connectivity index (χ0) is 18.1. The Balaban J connectivity index is 1.31.